The Bertz CT molecular complexity index is 2290. The molecule has 6 aromatic carbocycles. The number of carbonyl (C=O) groups excluding carboxylic acids is 1. The Morgan fingerprint density at radius 3 is 1.33 bits per heavy atom. The molecule has 4 N–H and O–H groups in total. The Morgan fingerprint density at radius 1 is 0.541 bits per heavy atom. The number of aliphatic carboxylic acids is 1. The molecule has 0 bridgehead atoms. The van der Waals surface area contributed by atoms with E-state index in [4.69, 9.17) is 56.2 Å². The van der Waals surface area contributed by atoms with Gasteiger partial charge in [0.05, 0.1) is 20.1 Å². The first-order valence-corrected chi connectivity index (χ1v) is 21.6. The van der Waals surface area contributed by atoms with E-state index in [0.29, 0.717) is 55.1 Å². The lowest BCUT2D eigenvalue weighted by Crippen LogP contribution is -2.24. The number of hydrogen-bond donors (Lipinski definition) is 4. The third-order valence-corrected chi connectivity index (χ3v) is 12.7. The van der Waals surface area contributed by atoms with Gasteiger partial charge in [0.2, 0.25) is 6.10 Å². The molecule has 2 unspecified atom stereocenters. The fraction of sp³-hybridized carbons (Fsp3) is 0.240. The molecule has 6 aromatic rings. The Balaban J connectivity index is 0.000000153. The molecule has 316 valence electrons. The predicted molar refractivity (Wildman–Crippen MR) is 246 cm³/mol. The molecule has 0 fully saturated rings. The van der Waals surface area contributed by atoms with Gasteiger partial charge in [-0.25, -0.2) is 9.59 Å². The van der Waals surface area contributed by atoms with Crippen molar-refractivity contribution in [2.45, 2.75) is 61.8 Å². The van der Waals surface area contributed by atoms with Gasteiger partial charge in [-0.15, -0.1) is 0 Å². The van der Waals surface area contributed by atoms with Crippen LogP contribution in [0.15, 0.2) is 146 Å². The molecule has 0 saturated carbocycles. The lowest BCUT2D eigenvalue weighted by atomic mass is 9.77. The van der Waals surface area contributed by atoms with Crippen molar-refractivity contribution in [2.75, 3.05) is 14.1 Å². The molecule has 0 heterocycles. The minimum absolute atomic E-state index is 0.332. The number of rotatable bonds is 9. The summed E-state index contributed by atoms with van der Waals surface area (Å²) in [5, 5.41) is 28.4. The largest absolute Gasteiger partial charge is 0.478 e. The molecular formula is C50H48Cl4N2O5. The van der Waals surface area contributed by atoms with E-state index in [9.17, 15) is 14.7 Å². The Hall–Kier alpha value is -4.70. The van der Waals surface area contributed by atoms with Gasteiger partial charge in [-0.1, -0.05) is 168 Å². The summed E-state index contributed by atoms with van der Waals surface area (Å²) in [5.41, 5.74) is 8.78. The van der Waals surface area contributed by atoms with Crippen LogP contribution < -0.4 is 10.6 Å². The van der Waals surface area contributed by atoms with Gasteiger partial charge in [-0.05, 0) is 103 Å². The average Bonchev–Trinajstić information content (AvgIpc) is 3.30. The fourth-order valence-corrected chi connectivity index (χ4v) is 8.78. The van der Waals surface area contributed by atoms with Crippen LogP contribution in [0.25, 0.3) is 0 Å². The van der Waals surface area contributed by atoms with Crippen LogP contribution in [0, 0.1) is 0 Å². The number of halogens is 4. The Kier molecular flexibility index (Phi) is 16.4. The summed E-state index contributed by atoms with van der Waals surface area (Å²) in [6.07, 6.45) is 1.56. The van der Waals surface area contributed by atoms with Crippen LogP contribution in [-0.4, -0.2) is 36.2 Å². The average molecular weight is 899 g/mol. The van der Waals surface area contributed by atoms with E-state index >= 15 is 0 Å². The zero-order chi connectivity index (χ0) is 43.5. The second-order valence-electron chi connectivity index (χ2n) is 14.9. The van der Waals surface area contributed by atoms with Gasteiger partial charge < -0.3 is 25.6 Å². The summed E-state index contributed by atoms with van der Waals surface area (Å²) in [7, 11) is 4.06. The molecule has 0 aliphatic heterocycles. The minimum atomic E-state index is -1.52. The maximum absolute atomic E-state index is 11.9. The second kappa shape index (κ2) is 21.9. The van der Waals surface area contributed by atoms with Crippen LogP contribution in [-0.2, 0) is 14.3 Å². The van der Waals surface area contributed by atoms with E-state index in [0.717, 1.165) is 25.7 Å². The molecule has 7 nitrogen and oxygen atoms in total. The summed E-state index contributed by atoms with van der Waals surface area (Å²) in [6, 6.07) is 46.5. The standard InChI is InChI=1S/2C17H17Cl2N.C16H14O5/c2*1-20-17-9-7-12(13-4-2-3-5-14(13)17)11-6-8-15(18)16(19)10-11;17-13(11-7-3-1-4-8-11)16(20)21-14(15(18)19)12-9-5-2-6-10-12/h2*2-6,8,10,12,17,20H,7,9H2,1H3;1-10,13-14,17H,(H,18,19)/t2*12-,17-;/m00./s1. The van der Waals surface area contributed by atoms with E-state index in [1.54, 1.807) is 60.7 Å². The molecule has 6 atom stereocenters. The van der Waals surface area contributed by atoms with Gasteiger partial charge in [0.1, 0.15) is 0 Å². The van der Waals surface area contributed by atoms with Crippen molar-refractivity contribution in [3.63, 3.8) is 0 Å². The second-order valence-corrected chi connectivity index (χ2v) is 16.6. The number of aliphatic hydroxyl groups excluding tert-OH is 1. The lowest BCUT2D eigenvalue weighted by Gasteiger charge is -2.32. The van der Waals surface area contributed by atoms with E-state index in [2.05, 4.69) is 71.3 Å². The summed E-state index contributed by atoms with van der Waals surface area (Å²) in [4.78, 5) is 23.1. The number of carbonyl (C=O) groups is 2. The first-order chi connectivity index (χ1) is 29.5. The lowest BCUT2D eigenvalue weighted by molar-refractivity contribution is -0.171. The molecule has 0 radical (unpaired) electrons. The Labute approximate surface area is 377 Å². The molecule has 2 aliphatic rings. The van der Waals surface area contributed by atoms with Gasteiger partial charge in [-0.2, -0.15) is 0 Å². The van der Waals surface area contributed by atoms with Crippen molar-refractivity contribution < 1.29 is 24.5 Å². The summed E-state index contributed by atoms with van der Waals surface area (Å²) in [5.74, 6) is -1.48. The van der Waals surface area contributed by atoms with Gasteiger partial charge in [-0.3, -0.25) is 0 Å². The summed E-state index contributed by atoms with van der Waals surface area (Å²) < 4.78 is 4.93. The van der Waals surface area contributed by atoms with Crippen molar-refractivity contribution in [3.8, 4) is 0 Å². The highest BCUT2D eigenvalue weighted by Crippen LogP contribution is 2.43. The molecule has 61 heavy (non-hydrogen) atoms. The first-order valence-electron chi connectivity index (χ1n) is 20.1. The number of aliphatic hydroxyl groups is 1. The van der Waals surface area contributed by atoms with E-state index < -0.39 is 24.1 Å². The molecule has 8 rings (SSSR count). The van der Waals surface area contributed by atoms with Gasteiger partial charge in [0, 0.05) is 29.5 Å². The highest BCUT2D eigenvalue weighted by molar-refractivity contribution is 6.42. The number of carboxylic acid groups (broad SMARTS) is 1. The van der Waals surface area contributed by atoms with Gasteiger partial charge in [0.15, 0.2) is 6.10 Å². The maximum Gasteiger partial charge on any atom is 0.349 e. The predicted octanol–water partition coefficient (Wildman–Crippen LogP) is 12.4. The van der Waals surface area contributed by atoms with Crippen molar-refractivity contribution in [1.82, 2.24) is 10.6 Å². The number of ether oxygens (including phenoxy) is 1. The third kappa shape index (κ3) is 11.4. The van der Waals surface area contributed by atoms with Crippen LogP contribution in [0.1, 0.15) is 106 Å². The molecule has 0 spiro atoms. The minimum Gasteiger partial charge on any atom is -0.478 e. The van der Waals surface area contributed by atoms with Crippen LogP contribution in [0.3, 0.4) is 0 Å². The zero-order valence-electron chi connectivity index (χ0n) is 33.8. The molecule has 11 heteroatoms. The smallest absolute Gasteiger partial charge is 0.349 e. The summed E-state index contributed by atoms with van der Waals surface area (Å²) >= 11 is 24.4. The molecular weight excluding hydrogens is 850 g/mol. The van der Waals surface area contributed by atoms with Gasteiger partial charge >= 0.3 is 11.9 Å². The number of hydrogen-bond acceptors (Lipinski definition) is 6. The monoisotopic (exact) mass is 896 g/mol. The topological polar surface area (TPSA) is 108 Å². The van der Waals surface area contributed by atoms with Crippen LogP contribution >= 0.6 is 46.4 Å². The molecule has 0 amide bonds. The van der Waals surface area contributed by atoms with Crippen molar-refractivity contribution >= 4 is 58.3 Å². The van der Waals surface area contributed by atoms with Crippen LogP contribution in [0.4, 0.5) is 0 Å². The quantitative estimate of drug-likeness (QED) is 0.107. The summed E-state index contributed by atoms with van der Waals surface area (Å²) in [6.45, 7) is 0. The van der Waals surface area contributed by atoms with Crippen molar-refractivity contribution in [2.24, 2.45) is 0 Å². The number of nitrogens with one attached hydrogen (secondary N) is 2. The normalized spacial score (nSPS) is 18.7. The van der Waals surface area contributed by atoms with E-state index in [1.807, 2.05) is 38.4 Å². The highest BCUT2D eigenvalue weighted by Gasteiger charge is 2.30. The fourth-order valence-electron chi connectivity index (χ4n) is 8.17. The molecule has 0 saturated heterocycles. The molecule has 2 aliphatic carbocycles. The number of benzene rings is 6. The Morgan fingerprint density at radius 2 is 0.934 bits per heavy atom. The third-order valence-electron chi connectivity index (χ3n) is 11.3. The van der Waals surface area contributed by atoms with Gasteiger partial charge in [0.25, 0.3) is 0 Å². The maximum atomic E-state index is 11.9. The highest BCUT2D eigenvalue weighted by atomic mass is 35.5. The van der Waals surface area contributed by atoms with Crippen LogP contribution in [0.2, 0.25) is 20.1 Å². The number of fused-ring (bicyclic) bond motifs is 2. The van der Waals surface area contributed by atoms with E-state index in [-0.39, 0.29) is 0 Å². The van der Waals surface area contributed by atoms with Crippen LogP contribution in [0.5, 0.6) is 0 Å². The van der Waals surface area contributed by atoms with Crippen molar-refractivity contribution in [3.05, 3.63) is 210 Å². The van der Waals surface area contributed by atoms with Crippen molar-refractivity contribution in [1.29, 1.82) is 0 Å². The number of carboxylic acids is 1. The number of esters is 1. The van der Waals surface area contributed by atoms with E-state index in [1.165, 1.54) is 33.4 Å². The first kappa shape index (κ1) is 45.8. The SMILES string of the molecule is CN[C@H]1CC[C@@H](c2ccc(Cl)c(Cl)c2)c2ccccc21.CN[C@H]1CC[C@@H](c2ccc(Cl)c(Cl)c2)c2ccccc21.O=C(OC(C(=O)O)c1ccccc1)C(O)c1ccccc1. The zero-order valence-corrected chi connectivity index (χ0v) is 36.8. The molecule has 0 aromatic heterocycles.